The van der Waals surface area contributed by atoms with Gasteiger partial charge < -0.3 is 14.4 Å². The fraction of sp³-hybridized carbons (Fsp3) is 0.333. The first-order valence-corrected chi connectivity index (χ1v) is 5.57. The lowest BCUT2D eigenvalue weighted by Crippen LogP contribution is -1.98. The monoisotopic (exact) mass is 239 g/mol. The molecule has 1 N–H and O–H groups in total. The maximum absolute atomic E-state index is 8.81. The van der Waals surface area contributed by atoms with Crippen molar-refractivity contribution in [1.82, 2.24) is 4.57 Å². The van der Waals surface area contributed by atoms with Gasteiger partial charge in [0.15, 0.2) is 0 Å². The van der Waals surface area contributed by atoms with Gasteiger partial charge in [-0.05, 0) is 24.6 Å². The van der Waals surface area contributed by atoms with Crippen molar-refractivity contribution in [2.75, 3.05) is 13.7 Å². The third-order valence-electron chi connectivity index (χ3n) is 2.60. The summed E-state index contributed by atoms with van der Waals surface area (Å²) in [5.74, 6) is 0.689. The van der Waals surface area contributed by atoms with Crippen LogP contribution in [0.3, 0.4) is 0 Å². The summed E-state index contributed by atoms with van der Waals surface area (Å²) in [6.45, 7) is 0.992. The average molecular weight is 240 g/mol. The van der Waals surface area contributed by atoms with Crippen LogP contribution in [0.2, 0.25) is 5.02 Å². The summed E-state index contributed by atoms with van der Waals surface area (Å²) in [7, 11) is 1.61. The van der Waals surface area contributed by atoms with Crippen molar-refractivity contribution in [3.63, 3.8) is 0 Å². The minimum atomic E-state index is 0.198. The number of aliphatic hydroxyl groups excluding tert-OH is 1. The number of ether oxygens (including phenoxy) is 1. The molecule has 16 heavy (non-hydrogen) atoms. The van der Waals surface area contributed by atoms with Crippen molar-refractivity contribution in [1.29, 1.82) is 0 Å². The SMILES string of the molecule is COc1cc2ccn(CCCO)c2cc1Cl. The molecule has 1 heterocycles. The smallest absolute Gasteiger partial charge is 0.138 e. The summed E-state index contributed by atoms with van der Waals surface area (Å²) in [5, 5.41) is 10.5. The van der Waals surface area contributed by atoms with E-state index in [1.807, 2.05) is 24.4 Å². The van der Waals surface area contributed by atoms with Crippen LogP contribution in [0, 0.1) is 0 Å². The zero-order chi connectivity index (χ0) is 11.5. The second kappa shape index (κ2) is 4.76. The number of hydrogen-bond acceptors (Lipinski definition) is 2. The summed E-state index contributed by atoms with van der Waals surface area (Å²) < 4.78 is 7.24. The molecular weight excluding hydrogens is 226 g/mol. The number of aliphatic hydroxyl groups is 1. The van der Waals surface area contributed by atoms with Crippen molar-refractivity contribution < 1.29 is 9.84 Å². The highest BCUT2D eigenvalue weighted by Gasteiger charge is 2.06. The molecule has 0 spiro atoms. The molecule has 2 rings (SSSR count). The van der Waals surface area contributed by atoms with E-state index in [9.17, 15) is 0 Å². The maximum atomic E-state index is 8.81. The number of rotatable bonds is 4. The number of aryl methyl sites for hydroxylation is 1. The van der Waals surface area contributed by atoms with Crippen LogP contribution in [0.5, 0.6) is 5.75 Å². The number of benzene rings is 1. The standard InChI is InChI=1S/C12H14ClNO2/c1-16-12-7-9-3-5-14(4-2-6-15)11(9)8-10(12)13/h3,5,7-8,15H,2,4,6H2,1H3. The fourth-order valence-electron chi connectivity index (χ4n) is 1.78. The molecule has 0 aliphatic carbocycles. The second-order valence-electron chi connectivity index (χ2n) is 3.63. The van der Waals surface area contributed by atoms with Gasteiger partial charge in [0.25, 0.3) is 0 Å². The highest BCUT2D eigenvalue weighted by Crippen LogP contribution is 2.30. The molecule has 0 bridgehead atoms. The molecule has 0 fully saturated rings. The summed E-state index contributed by atoms with van der Waals surface area (Å²) in [5.41, 5.74) is 1.07. The third-order valence-corrected chi connectivity index (χ3v) is 2.90. The first-order chi connectivity index (χ1) is 7.76. The molecule has 3 nitrogen and oxygen atoms in total. The van der Waals surface area contributed by atoms with Gasteiger partial charge in [0.2, 0.25) is 0 Å². The summed E-state index contributed by atoms with van der Waals surface area (Å²) in [6, 6.07) is 5.84. The van der Waals surface area contributed by atoms with Crippen LogP contribution in [0.25, 0.3) is 10.9 Å². The van der Waals surface area contributed by atoms with Gasteiger partial charge in [-0.15, -0.1) is 0 Å². The Balaban J connectivity index is 2.43. The Morgan fingerprint density at radius 3 is 2.94 bits per heavy atom. The summed E-state index contributed by atoms with van der Waals surface area (Å²) in [4.78, 5) is 0. The number of halogens is 1. The van der Waals surface area contributed by atoms with E-state index >= 15 is 0 Å². The Kier molecular flexibility index (Phi) is 3.36. The second-order valence-corrected chi connectivity index (χ2v) is 4.04. The largest absolute Gasteiger partial charge is 0.495 e. The predicted octanol–water partition coefficient (Wildman–Crippen LogP) is 2.69. The molecule has 0 aliphatic heterocycles. The topological polar surface area (TPSA) is 34.4 Å². The lowest BCUT2D eigenvalue weighted by atomic mass is 10.2. The number of hydrogen-bond donors (Lipinski definition) is 1. The molecule has 0 saturated carbocycles. The Labute approximate surface area is 99.2 Å². The number of aromatic nitrogens is 1. The molecular formula is C12H14ClNO2. The van der Waals surface area contributed by atoms with Crippen molar-refractivity contribution in [2.45, 2.75) is 13.0 Å². The lowest BCUT2D eigenvalue weighted by Gasteiger charge is -2.06. The molecule has 0 amide bonds. The minimum Gasteiger partial charge on any atom is -0.495 e. The molecule has 86 valence electrons. The van der Waals surface area contributed by atoms with E-state index in [0.717, 1.165) is 23.9 Å². The molecule has 1 aromatic heterocycles. The van der Waals surface area contributed by atoms with Crippen molar-refractivity contribution in [3.05, 3.63) is 29.4 Å². The third kappa shape index (κ3) is 2.01. The molecule has 0 aliphatic rings. The van der Waals surface area contributed by atoms with E-state index in [1.165, 1.54) is 0 Å². The van der Waals surface area contributed by atoms with E-state index < -0.39 is 0 Å². The van der Waals surface area contributed by atoms with Gasteiger partial charge in [-0.1, -0.05) is 11.6 Å². The molecule has 0 unspecified atom stereocenters. The average Bonchev–Trinajstić information content (AvgIpc) is 2.67. The van der Waals surface area contributed by atoms with Gasteiger partial charge in [0.05, 0.1) is 12.1 Å². The van der Waals surface area contributed by atoms with Crippen LogP contribution in [0.1, 0.15) is 6.42 Å². The maximum Gasteiger partial charge on any atom is 0.138 e. The van der Waals surface area contributed by atoms with E-state index in [-0.39, 0.29) is 6.61 Å². The molecule has 0 atom stereocenters. The molecule has 2 aromatic rings. The molecule has 0 saturated heterocycles. The van der Waals surface area contributed by atoms with Crippen molar-refractivity contribution in [2.24, 2.45) is 0 Å². The van der Waals surface area contributed by atoms with E-state index in [0.29, 0.717) is 10.8 Å². The van der Waals surface area contributed by atoms with Gasteiger partial charge in [-0.3, -0.25) is 0 Å². The van der Waals surface area contributed by atoms with Crippen molar-refractivity contribution in [3.8, 4) is 5.75 Å². The van der Waals surface area contributed by atoms with Gasteiger partial charge in [0.1, 0.15) is 5.75 Å². The Morgan fingerprint density at radius 1 is 1.44 bits per heavy atom. The molecule has 4 heteroatoms. The summed E-state index contributed by atoms with van der Waals surface area (Å²) >= 11 is 6.08. The van der Waals surface area contributed by atoms with Crippen LogP contribution >= 0.6 is 11.6 Å². The lowest BCUT2D eigenvalue weighted by molar-refractivity contribution is 0.280. The van der Waals surface area contributed by atoms with Crippen molar-refractivity contribution >= 4 is 22.5 Å². The molecule has 0 radical (unpaired) electrons. The zero-order valence-corrected chi connectivity index (χ0v) is 9.87. The van der Waals surface area contributed by atoms with E-state index in [2.05, 4.69) is 4.57 Å². The van der Waals surface area contributed by atoms with Gasteiger partial charge in [-0.2, -0.15) is 0 Å². The van der Waals surface area contributed by atoms with E-state index in [4.69, 9.17) is 21.4 Å². The normalized spacial score (nSPS) is 10.9. The quantitative estimate of drug-likeness (QED) is 0.890. The van der Waals surface area contributed by atoms with E-state index in [1.54, 1.807) is 7.11 Å². The number of fused-ring (bicyclic) bond motifs is 1. The highest BCUT2D eigenvalue weighted by atomic mass is 35.5. The van der Waals surface area contributed by atoms with Crippen LogP contribution in [-0.2, 0) is 6.54 Å². The Bertz CT molecular complexity index is 493. The van der Waals surface area contributed by atoms with Gasteiger partial charge >= 0.3 is 0 Å². The summed E-state index contributed by atoms with van der Waals surface area (Å²) in [6.07, 6.45) is 2.74. The van der Waals surface area contributed by atoms with Gasteiger partial charge in [-0.25, -0.2) is 0 Å². The first-order valence-electron chi connectivity index (χ1n) is 5.19. The van der Waals surface area contributed by atoms with Crippen LogP contribution in [0.4, 0.5) is 0 Å². The number of nitrogens with zero attached hydrogens (tertiary/aromatic N) is 1. The van der Waals surface area contributed by atoms with Crippen LogP contribution < -0.4 is 4.74 Å². The fourth-order valence-corrected chi connectivity index (χ4v) is 2.02. The Hall–Kier alpha value is -1.19. The minimum absolute atomic E-state index is 0.198. The number of methoxy groups -OCH3 is 1. The zero-order valence-electron chi connectivity index (χ0n) is 9.11. The predicted molar refractivity (Wildman–Crippen MR) is 65.2 cm³/mol. The highest BCUT2D eigenvalue weighted by molar-refractivity contribution is 6.32. The molecule has 1 aromatic carbocycles. The Morgan fingerprint density at radius 2 is 2.25 bits per heavy atom. The van der Waals surface area contributed by atoms with Gasteiger partial charge in [0, 0.05) is 30.3 Å². The van der Waals surface area contributed by atoms with Crippen LogP contribution in [0.15, 0.2) is 24.4 Å². The first kappa shape index (κ1) is 11.3. The van der Waals surface area contributed by atoms with Crippen LogP contribution in [-0.4, -0.2) is 23.4 Å².